The van der Waals surface area contributed by atoms with Crippen LogP contribution < -0.4 is 10.6 Å². The molecule has 0 amide bonds. The zero-order chi connectivity index (χ0) is 20.1. The molecule has 1 aromatic carbocycles. The first kappa shape index (κ1) is 20.2. The molecule has 0 radical (unpaired) electrons. The molecule has 2 aromatic rings. The highest BCUT2D eigenvalue weighted by molar-refractivity contribution is 6.30. The van der Waals surface area contributed by atoms with Crippen LogP contribution in [0.4, 0.5) is 0 Å². The van der Waals surface area contributed by atoms with Crippen molar-refractivity contribution in [3.05, 3.63) is 64.9 Å². The second kappa shape index (κ2) is 9.59. The molecule has 5 nitrogen and oxygen atoms in total. The lowest BCUT2D eigenvalue weighted by Crippen LogP contribution is -2.49. The Morgan fingerprint density at radius 1 is 1.17 bits per heavy atom. The molecule has 2 unspecified atom stereocenters. The highest BCUT2D eigenvalue weighted by Gasteiger charge is 2.39. The first-order valence-corrected chi connectivity index (χ1v) is 11.0. The molecule has 154 valence electrons. The van der Waals surface area contributed by atoms with Crippen molar-refractivity contribution >= 4 is 17.6 Å². The number of aromatic nitrogens is 1. The van der Waals surface area contributed by atoms with Crippen molar-refractivity contribution < 1.29 is 0 Å². The summed E-state index contributed by atoms with van der Waals surface area (Å²) in [5.41, 5.74) is 2.46. The van der Waals surface area contributed by atoms with Crippen molar-refractivity contribution in [3.8, 4) is 0 Å². The van der Waals surface area contributed by atoms with Crippen LogP contribution in [-0.4, -0.2) is 47.6 Å². The molecule has 1 aromatic heterocycles. The third-order valence-electron chi connectivity index (χ3n) is 5.75. The van der Waals surface area contributed by atoms with E-state index >= 15 is 0 Å². The quantitative estimate of drug-likeness (QED) is 0.560. The third kappa shape index (κ3) is 5.71. The Morgan fingerprint density at radius 3 is 2.76 bits per heavy atom. The average molecular weight is 412 g/mol. The minimum absolute atomic E-state index is 0.440. The second-order valence-corrected chi connectivity index (χ2v) is 8.42. The highest BCUT2D eigenvalue weighted by Crippen LogP contribution is 2.41. The van der Waals surface area contributed by atoms with Crippen LogP contribution >= 0.6 is 11.6 Å². The van der Waals surface area contributed by atoms with E-state index < -0.39 is 0 Å². The Bertz CT molecular complexity index is 817. The van der Waals surface area contributed by atoms with Gasteiger partial charge >= 0.3 is 0 Å². The fourth-order valence-electron chi connectivity index (χ4n) is 4.08. The molecule has 1 aliphatic heterocycles. The molecule has 2 heterocycles. The molecule has 0 bridgehead atoms. The van der Waals surface area contributed by atoms with Gasteiger partial charge in [0.2, 0.25) is 0 Å². The number of aliphatic imine (C=N–C) groups is 1. The summed E-state index contributed by atoms with van der Waals surface area (Å²) in [7, 11) is 0. The van der Waals surface area contributed by atoms with E-state index in [1.165, 1.54) is 5.56 Å². The van der Waals surface area contributed by atoms with Gasteiger partial charge in [-0.15, -0.1) is 0 Å². The zero-order valence-electron chi connectivity index (χ0n) is 17.0. The Morgan fingerprint density at radius 2 is 2.03 bits per heavy atom. The maximum atomic E-state index is 6.15. The van der Waals surface area contributed by atoms with E-state index in [9.17, 15) is 0 Å². The van der Waals surface area contributed by atoms with E-state index in [4.69, 9.17) is 11.6 Å². The summed E-state index contributed by atoms with van der Waals surface area (Å²) in [6, 6.07) is 15.3. The van der Waals surface area contributed by atoms with Crippen LogP contribution in [0.3, 0.4) is 0 Å². The van der Waals surface area contributed by atoms with Gasteiger partial charge in [-0.3, -0.25) is 14.9 Å². The Balaban J connectivity index is 1.25. The predicted octanol–water partition coefficient (Wildman–Crippen LogP) is 3.81. The second-order valence-electron chi connectivity index (χ2n) is 7.99. The predicted molar refractivity (Wildman–Crippen MR) is 119 cm³/mol. The molecule has 4 rings (SSSR count). The number of piperidine rings is 1. The number of pyridine rings is 1. The van der Waals surface area contributed by atoms with Crippen molar-refractivity contribution in [2.75, 3.05) is 19.6 Å². The monoisotopic (exact) mass is 411 g/mol. The number of rotatable bonds is 6. The van der Waals surface area contributed by atoms with Gasteiger partial charge in [0.25, 0.3) is 0 Å². The zero-order valence-corrected chi connectivity index (χ0v) is 17.8. The summed E-state index contributed by atoms with van der Waals surface area (Å²) in [5, 5.41) is 8.11. The molecule has 2 N–H and O–H groups in total. The Labute approximate surface area is 178 Å². The van der Waals surface area contributed by atoms with Crippen LogP contribution in [0, 0.1) is 0 Å². The first-order valence-electron chi connectivity index (χ1n) is 10.7. The van der Waals surface area contributed by atoms with Crippen LogP contribution in [0.15, 0.2) is 53.7 Å². The number of likely N-dealkylation sites (tertiary alicyclic amines) is 1. The number of guanidine groups is 1. The van der Waals surface area contributed by atoms with Crippen LogP contribution in [-0.2, 0) is 6.54 Å². The van der Waals surface area contributed by atoms with Gasteiger partial charge in [-0.2, -0.15) is 0 Å². The molecule has 2 atom stereocenters. The molecular weight excluding hydrogens is 382 g/mol. The Kier molecular flexibility index (Phi) is 6.67. The summed E-state index contributed by atoms with van der Waals surface area (Å²) < 4.78 is 0. The largest absolute Gasteiger partial charge is 0.354 e. The van der Waals surface area contributed by atoms with Gasteiger partial charge in [-0.1, -0.05) is 29.8 Å². The van der Waals surface area contributed by atoms with E-state index in [2.05, 4.69) is 56.7 Å². The number of nitrogens with zero attached hydrogens (tertiary/aromatic N) is 3. The molecule has 0 spiro atoms. The van der Waals surface area contributed by atoms with E-state index in [1.807, 2.05) is 24.4 Å². The topological polar surface area (TPSA) is 52.6 Å². The van der Waals surface area contributed by atoms with Crippen LogP contribution in [0.1, 0.15) is 43.4 Å². The van der Waals surface area contributed by atoms with Gasteiger partial charge in [-0.25, -0.2) is 0 Å². The number of halogens is 1. The van der Waals surface area contributed by atoms with E-state index in [1.54, 1.807) is 0 Å². The summed E-state index contributed by atoms with van der Waals surface area (Å²) in [5.74, 6) is 1.47. The maximum absolute atomic E-state index is 6.15. The molecule has 1 saturated carbocycles. The van der Waals surface area contributed by atoms with Gasteiger partial charge in [0.05, 0.1) is 5.69 Å². The summed E-state index contributed by atoms with van der Waals surface area (Å²) in [6.45, 7) is 5.97. The minimum atomic E-state index is 0.440. The minimum Gasteiger partial charge on any atom is -0.354 e. The van der Waals surface area contributed by atoms with E-state index in [0.29, 0.717) is 18.0 Å². The normalized spacial score (nSPS) is 23.0. The number of hydrogen-bond acceptors (Lipinski definition) is 3. The number of benzene rings is 1. The lowest BCUT2D eigenvalue weighted by atomic mass is 10.0. The molecule has 1 saturated heterocycles. The molecule has 29 heavy (non-hydrogen) atoms. The SMILES string of the molecule is CCN=C(NC1CCN(Cc2ccccn2)CC1)NC1CC1c1cccc(Cl)c1. The fourth-order valence-corrected chi connectivity index (χ4v) is 4.28. The molecule has 1 aliphatic carbocycles. The standard InChI is InChI=1S/C23H30ClN5/c1-2-25-23(28-22-15-21(22)17-6-5-7-18(24)14-17)27-19-9-12-29(13-10-19)16-20-8-3-4-11-26-20/h3-8,11,14,19,21-22H,2,9-10,12-13,15-16H2,1H3,(H2,25,27,28). The Hall–Kier alpha value is -2.11. The van der Waals surface area contributed by atoms with Crippen LogP contribution in [0.2, 0.25) is 5.02 Å². The van der Waals surface area contributed by atoms with Gasteiger partial charge < -0.3 is 10.6 Å². The maximum Gasteiger partial charge on any atom is 0.191 e. The van der Waals surface area contributed by atoms with Crippen molar-refractivity contribution in [2.45, 2.75) is 50.7 Å². The molecule has 6 heteroatoms. The van der Waals surface area contributed by atoms with Crippen molar-refractivity contribution in [2.24, 2.45) is 4.99 Å². The molecular formula is C23H30ClN5. The van der Waals surface area contributed by atoms with E-state index in [0.717, 1.165) is 62.1 Å². The van der Waals surface area contributed by atoms with Gasteiger partial charge in [0, 0.05) is 55.4 Å². The van der Waals surface area contributed by atoms with Gasteiger partial charge in [-0.05, 0) is 56.0 Å². The van der Waals surface area contributed by atoms with E-state index in [-0.39, 0.29) is 0 Å². The van der Waals surface area contributed by atoms with Crippen molar-refractivity contribution in [1.82, 2.24) is 20.5 Å². The average Bonchev–Trinajstić information content (AvgIpc) is 3.50. The number of hydrogen-bond donors (Lipinski definition) is 2. The summed E-state index contributed by atoms with van der Waals surface area (Å²) in [6.07, 6.45) is 5.25. The first-order chi connectivity index (χ1) is 14.2. The van der Waals surface area contributed by atoms with Gasteiger partial charge in [0.1, 0.15) is 0 Å². The summed E-state index contributed by atoms with van der Waals surface area (Å²) in [4.78, 5) is 11.6. The fraction of sp³-hybridized carbons (Fsp3) is 0.478. The summed E-state index contributed by atoms with van der Waals surface area (Å²) >= 11 is 6.15. The third-order valence-corrected chi connectivity index (χ3v) is 5.98. The van der Waals surface area contributed by atoms with Crippen molar-refractivity contribution in [1.29, 1.82) is 0 Å². The molecule has 2 aliphatic rings. The van der Waals surface area contributed by atoms with Crippen LogP contribution in [0.5, 0.6) is 0 Å². The van der Waals surface area contributed by atoms with Gasteiger partial charge in [0.15, 0.2) is 5.96 Å². The molecule has 2 fully saturated rings. The smallest absolute Gasteiger partial charge is 0.191 e. The highest BCUT2D eigenvalue weighted by atomic mass is 35.5. The number of nitrogens with one attached hydrogen (secondary N) is 2. The lowest BCUT2D eigenvalue weighted by molar-refractivity contribution is 0.196. The van der Waals surface area contributed by atoms with Crippen LogP contribution in [0.25, 0.3) is 0 Å². The lowest BCUT2D eigenvalue weighted by Gasteiger charge is -2.33. The van der Waals surface area contributed by atoms with Crippen molar-refractivity contribution in [3.63, 3.8) is 0 Å².